The SMILES string of the molecule is CC(F)(F)C[C@H](NC(=O)N1CCC2(CC1)C(=O)NCN2c1ccccc1)C(=O)NC1(C#N)CC1. The number of nitriles is 1. The van der Waals surface area contributed by atoms with E-state index in [-0.39, 0.29) is 19.0 Å². The van der Waals surface area contributed by atoms with Crippen molar-refractivity contribution in [2.24, 2.45) is 0 Å². The Kier molecular flexibility index (Phi) is 6.10. The van der Waals surface area contributed by atoms with Crippen LogP contribution in [0.3, 0.4) is 0 Å². The van der Waals surface area contributed by atoms with Gasteiger partial charge in [0.2, 0.25) is 17.7 Å². The highest BCUT2D eigenvalue weighted by Crippen LogP contribution is 2.36. The number of hydrogen-bond donors (Lipinski definition) is 3. The van der Waals surface area contributed by atoms with E-state index in [1.807, 2.05) is 41.3 Å². The molecule has 11 heteroatoms. The number of rotatable bonds is 6. The number of carbonyl (C=O) groups excluding carboxylic acids is 3. The molecule has 4 amide bonds. The van der Waals surface area contributed by atoms with Crippen molar-refractivity contribution in [2.75, 3.05) is 24.7 Å². The number of halogens is 2. The van der Waals surface area contributed by atoms with Crippen LogP contribution >= 0.6 is 0 Å². The second-order valence-electron chi connectivity index (χ2n) is 9.41. The molecule has 2 aliphatic heterocycles. The molecule has 3 N–H and O–H groups in total. The lowest BCUT2D eigenvalue weighted by Crippen LogP contribution is -2.60. The number of para-hydroxylation sites is 1. The van der Waals surface area contributed by atoms with E-state index >= 15 is 0 Å². The molecule has 3 fully saturated rings. The normalized spacial score (nSPS) is 21.4. The number of urea groups is 1. The van der Waals surface area contributed by atoms with E-state index in [0.29, 0.717) is 39.3 Å². The molecular weight excluding hydrogens is 446 g/mol. The third-order valence-corrected chi connectivity index (χ3v) is 6.79. The predicted molar refractivity (Wildman–Crippen MR) is 119 cm³/mol. The number of nitrogens with one attached hydrogen (secondary N) is 3. The summed E-state index contributed by atoms with van der Waals surface area (Å²) in [6.45, 7) is 1.49. The molecule has 4 rings (SSSR count). The Morgan fingerprint density at radius 3 is 2.41 bits per heavy atom. The minimum atomic E-state index is -3.19. The first kappa shape index (κ1) is 23.7. The van der Waals surface area contributed by atoms with Gasteiger partial charge in [0.1, 0.15) is 17.1 Å². The zero-order valence-corrected chi connectivity index (χ0v) is 18.9. The van der Waals surface area contributed by atoms with Crippen LogP contribution in [-0.4, -0.2) is 65.5 Å². The zero-order chi connectivity index (χ0) is 24.6. The summed E-state index contributed by atoms with van der Waals surface area (Å²) in [7, 11) is 0. The van der Waals surface area contributed by atoms with Crippen LogP contribution in [0.2, 0.25) is 0 Å². The lowest BCUT2D eigenvalue weighted by Gasteiger charge is -2.43. The van der Waals surface area contributed by atoms with Crippen LogP contribution in [0, 0.1) is 11.3 Å². The molecule has 0 bridgehead atoms. The summed E-state index contributed by atoms with van der Waals surface area (Å²) in [6.07, 6.45) is 0.742. The van der Waals surface area contributed by atoms with Gasteiger partial charge in [-0.05, 0) is 44.7 Å². The van der Waals surface area contributed by atoms with E-state index in [9.17, 15) is 28.4 Å². The van der Waals surface area contributed by atoms with Crippen molar-refractivity contribution in [2.45, 2.75) is 62.1 Å². The van der Waals surface area contributed by atoms with Gasteiger partial charge in [0, 0.05) is 25.2 Å². The highest BCUT2D eigenvalue weighted by molar-refractivity contribution is 5.94. The van der Waals surface area contributed by atoms with Gasteiger partial charge in [0.05, 0.1) is 12.7 Å². The van der Waals surface area contributed by atoms with Gasteiger partial charge in [-0.15, -0.1) is 0 Å². The van der Waals surface area contributed by atoms with Gasteiger partial charge in [-0.25, -0.2) is 13.6 Å². The van der Waals surface area contributed by atoms with Crippen molar-refractivity contribution in [1.82, 2.24) is 20.9 Å². The zero-order valence-electron chi connectivity index (χ0n) is 18.9. The Balaban J connectivity index is 1.42. The minimum Gasteiger partial charge on any atom is -0.339 e. The first-order valence-electron chi connectivity index (χ1n) is 11.4. The van der Waals surface area contributed by atoms with Crippen molar-refractivity contribution in [1.29, 1.82) is 5.26 Å². The summed E-state index contributed by atoms with van der Waals surface area (Å²) in [5, 5.41) is 17.0. The maximum Gasteiger partial charge on any atom is 0.318 e. The van der Waals surface area contributed by atoms with E-state index in [2.05, 4.69) is 16.0 Å². The van der Waals surface area contributed by atoms with Gasteiger partial charge in [-0.2, -0.15) is 5.26 Å². The summed E-state index contributed by atoms with van der Waals surface area (Å²) in [5.74, 6) is -4.10. The smallest absolute Gasteiger partial charge is 0.318 e. The molecule has 0 aromatic heterocycles. The second-order valence-corrected chi connectivity index (χ2v) is 9.41. The Bertz CT molecular complexity index is 994. The van der Waals surface area contributed by atoms with Gasteiger partial charge >= 0.3 is 6.03 Å². The number of hydrogen-bond acceptors (Lipinski definition) is 5. The van der Waals surface area contributed by atoms with Gasteiger partial charge in [0.15, 0.2) is 0 Å². The van der Waals surface area contributed by atoms with E-state index in [1.165, 1.54) is 4.90 Å². The molecule has 1 aromatic carbocycles. The number of anilines is 1. The number of benzene rings is 1. The second kappa shape index (κ2) is 8.74. The highest BCUT2D eigenvalue weighted by Gasteiger charge is 2.51. The molecular formula is C23H28F2N6O3. The lowest BCUT2D eigenvalue weighted by atomic mass is 9.85. The van der Waals surface area contributed by atoms with Crippen LogP contribution in [0.4, 0.5) is 19.3 Å². The maximum absolute atomic E-state index is 13.7. The van der Waals surface area contributed by atoms with Crippen molar-refractivity contribution < 1.29 is 23.2 Å². The molecule has 1 spiro atoms. The molecule has 9 nitrogen and oxygen atoms in total. The van der Waals surface area contributed by atoms with Crippen molar-refractivity contribution in [3.63, 3.8) is 0 Å². The molecule has 0 unspecified atom stereocenters. The summed E-state index contributed by atoms with van der Waals surface area (Å²) in [4.78, 5) is 41.7. The third-order valence-electron chi connectivity index (χ3n) is 6.79. The van der Waals surface area contributed by atoms with Gasteiger partial charge in [-0.1, -0.05) is 18.2 Å². The molecule has 3 aliphatic rings. The number of alkyl halides is 2. The Hall–Kier alpha value is -3.42. The van der Waals surface area contributed by atoms with Gasteiger partial charge < -0.3 is 25.8 Å². The number of amides is 4. The fourth-order valence-corrected chi connectivity index (χ4v) is 4.63. The predicted octanol–water partition coefficient (Wildman–Crippen LogP) is 1.71. The molecule has 2 heterocycles. The first-order valence-corrected chi connectivity index (χ1v) is 11.4. The Morgan fingerprint density at radius 2 is 1.85 bits per heavy atom. The molecule has 1 atom stereocenters. The molecule has 1 saturated carbocycles. The highest BCUT2D eigenvalue weighted by atomic mass is 19.3. The summed E-state index contributed by atoms with van der Waals surface area (Å²) < 4.78 is 27.5. The monoisotopic (exact) mass is 474 g/mol. The third kappa shape index (κ3) is 4.76. The fraction of sp³-hybridized carbons (Fsp3) is 0.565. The molecule has 0 radical (unpaired) electrons. The van der Waals surface area contributed by atoms with Crippen LogP contribution in [0.1, 0.15) is 39.0 Å². The molecule has 1 aromatic rings. The average Bonchev–Trinajstić information content (AvgIpc) is 3.51. The fourth-order valence-electron chi connectivity index (χ4n) is 4.63. The maximum atomic E-state index is 13.7. The average molecular weight is 475 g/mol. The van der Waals surface area contributed by atoms with E-state index in [1.54, 1.807) is 0 Å². The van der Waals surface area contributed by atoms with Crippen LogP contribution in [0.15, 0.2) is 30.3 Å². The van der Waals surface area contributed by atoms with Crippen molar-refractivity contribution in [3.8, 4) is 6.07 Å². The number of carbonyl (C=O) groups is 3. The largest absolute Gasteiger partial charge is 0.339 e. The standard InChI is InChI=1S/C23H28F2N6O3/c1-21(24,25)13-17(18(32)29-22(14-26)7-8-22)28-20(34)30-11-9-23(10-12-30)19(33)27-15-31(23)16-5-3-2-4-6-16/h2-6,17H,7-13,15H2,1H3,(H,27,33)(H,28,34)(H,29,32)/t17-/m0/s1. The van der Waals surface area contributed by atoms with E-state index in [4.69, 9.17) is 0 Å². The lowest BCUT2D eigenvalue weighted by molar-refractivity contribution is -0.126. The molecule has 1 aliphatic carbocycles. The van der Waals surface area contributed by atoms with Crippen molar-refractivity contribution in [3.05, 3.63) is 30.3 Å². The Morgan fingerprint density at radius 1 is 1.21 bits per heavy atom. The molecule has 34 heavy (non-hydrogen) atoms. The van der Waals surface area contributed by atoms with E-state index in [0.717, 1.165) is 5.69 Å². The van der Waals surface area contributed by atoms with Crippen LogP contribution in [0.25, 0.3) is 0 Å². The minimum absolute atomic E-state index is 0.106. The summed E-state index contributed by atoms with van der Waals surface area (Å²) >= 11 is 0. The topological polar surface area (TPSA) is 118 Å². The number of piperidine rings is 1. The summed E-state index contributed by atoms with van der Waals surface area (Å²) in [5.41, 5.74) is -0.930. The summed E-state index contributed by atoms with van der Waals surface area (Å²) in [6, 6.07) is 9.36. The number of likely N-dealkylation sites (tertiary alicyclic amines) is 1. The quantitative estimate of drug-likeness (QED) is 0.580. The Labute approximate surface area is 196 Å². The number of nitrogens with zero attached hydrogens (tertiary/aromatic N) is 3. The van der Waals surface area contributed by atoms with Crippen molar-refractivity contribution >= 4 is 23.5 Å². The van der Waals surface area contributed by atoms with Crippen LogP contribution in [0.5, 0.6) is 0 Å². The molecule has 182 valence electrons. The first-order chi connectivity index (χ1) is 16.1. The van der Waals surface area contributed by atoms with Gasteiger partial charge in [0.25, 0.3) is 0 Å². The van der Waals surface area contributed by atoms with Crippen LogP contribution < -0.4 is 20.9 Å². The van der Waals surface area contributed by atoms with Gasteiger partial charge in [-0.3, -0.25) is 9.59 Å². The molecule has 2 saturated heterocycles. The van der Waals surface area contributed by atoms with E-state index < -0.39 is 41.4 Å². The van der Waals surface area contributed by atoms with Crippen LogP contribution in [-0.2, 0) is 9.59 Å².